The van der Waals surface area contributed by atoms with E-state index in [9.17, 15) is 4.79 Å². The zero-order valence-electron chi connectivity index (χ0n) is 16.0. The predicted molar refractivity (Wildman–Crippen MR) is 119 cm³/mol. The van der Waals surface area contributed by atoms with Gasteiger partial charge < -0.3 is 10.2 Å². The summed E-state index contributed by atoms with van der Waals surface area (Å²) in [7, 11) is 0. The van der Waals surface area contributed by atoms with E-state index in [1.54, 1.807) is 10.8 Å². The SMILES string of the molecule is C=CCNC(=S)N1CCc2c(c(-c3ccccc3)nn2C(=O)c2ccccc2)C1. The lowest BCUT2D eigenvalue weighted by Gasteiger charge is -2.30. The van der Waals surface area contributed by atoms with E-state index in [0.717, 1.165) is 29.1 Å². The molecule has 0 fully saturated rings. The molecule has 1 aromatic heterocycles. The molecule has 0 atom stereocenters. The molecule has 5 nitrogen and oxygen atoms in total. The number of nitrogens with zero attached hydrogens (tertiary/aromatic N) is 3. The Hall–Kier alpha value is -3.25. The second-order valence-electron chi connectivity index (χ2n) is 6.87. The van der Waals surface area contributed by atoms with Crippen molar-refractivity contribution in [2.24, 2.45) is 0 Å². The quantitative estimate of drug-likeness (QED) is 0.533. The van der Waals surface area contributed by atoms with Crippen LogP contribution in [0.5, 0.6) is 0 Å². The topological polar surface area (TPSA) is 50.2 Å². The number of rotatable bonds is 4. The first-order valence-corrected chi connectivity index (χ1v) is 9.99. The van der Waals surface area contributed by atoms with E-state index in [0.29, 0.717) is 30.2 Å². The molecule has 0 spiro atoms. The van der Waals surface area contributed by atoms with Crippen LogP contribution in [-0.2, 0) is 13.0 Å². The minimum Gasteiger partial charge on any atom is -0.359 e. The summed E-state index contributed by atoms with van der Waals surface area (Å²) >= 11 is 5.54. The number of carbonyl (C=O) groups is 1. The highest BCUT2D eigenvalue weighted by Gasteiger charge is 2.29. The molecule has 146 valence electrons. The minimum absolute atomic E-state index is 0.107. The van der Waals surface area contributed by atoms with E-state index in [4.69, 9.17) is 17.3 Å². The molecular formula is C23H22N4OS. The molecular weight excluding hydrogens is 380 g/mol. The van der Waals surface area contributed by atoms with Crippen LogP contribution in [0.15, 0.2) is 73.3 Å². The van der Waals surface area contributed by atoms with Gasteiger partial charge in [0.1, 0.15) is 0 Å². The van der Waals surface area contributed by atoms with Crippen LogP contribution in [0, 0.1) is 0 Å². The normalized spacial score (nSPS) is 12.9. The molecule has 2 heterocycles. The lowest BCUT2D eigenvalue weighted by Crippen LogP contribution is -2.43. The number of fused-ring (bicyclic) bond motifs is 1. The van der Waals surface area contributed by atoms with Crippen molar-refractivity contribution in [1.82, 2.24) is 20.0 Å². The van der Waals surface area contributed by atoms with Gasteiger partial charge in [-0.25, -0.2) is 0 Å². The van der Waals surface area contributed by atoms with E-state index in [1.165, 1.54) is 0 Å². The van der Waals surface area contributed by atoms with E-state index in [2.05, 4.69) is 16.8 Å². The average Bonchev–Trinajstić information content (AvgIpc) is 3.17. The first-order valence-electron chi connectivity index (χ1n) is 9.58. The Labute approximate surface area is 175 Å². The van der Waals surface area contributed by atoms with Crippen molar-refractivity contribution in [1.29, 1.82) is 0 Å². The van der Waals surface area contributed by atoms with Crippen molar-refractivity contribution in [3.63, 3.8) is 0 Å². The molecule has 0 saturated carbocycles. The molecule has 1 aliphatic rings. The Balaban J connectivity index is 1.75. The number of carbonyl (C=O) groups excluding carboxylic acids is 1. The van der Waals surface area contributed by atoms with Gasteiger partial charge in [-0.15, -0.1) is 6.58 Å². The van der Waals surface area contributed by atoms with Crippen LogP contribution in [0.3, 0.4) is 0 Å². The van der Waals surface area contributed by atoms with E-state index in [1.807, 2.05) is 60.7 Å². The Bertz CT molecular complexity index is 1040. The minimum atomic E-state index is -0.107. The van der Waals surface area contributed by atoms with Gasteiger partial charge in [0.05, 0.1) is 11.4 Å². The van der Waals surface area contributed by atoms with Gasteiger partial charge in [0.2, 0.25) is 0 Å². The maximum Gasteiger partial charge on any atom is 0.278 e. The van der Waals surface area contributed by atoms with Crippen LogP contribution in [-0.4, -0.2) is 38.8 Å². The summed E-state index contributed by atoms with van der Waals surface area (Å²) in [6.07, 6.45) is 2.48. The molecule has 0 radical (unpaired) electrons. The third-order valence-electron chi connectivity index (χ3n) is 5.00. The van der Waals surface area contributed by atoms with Gasteiger partial charge >= 0.3 is 0 Å². The number of benzene rings is 2. The number of thiocarbonyl (C=S) groups is 1. The molecule has 0 aliphatic carbocycles. The van der Waals surface area contributed by atoms with Gasteiger partial charge in [0.15, 0.2) is 5.11 Å². The summed E-state index contributed by atoms with van der Waals surface area (Å²) in [5.74, 6) is -0.107. The number of nitrogens with one attached hydrogen (secondary N) is 1. The highest BCUT2D eigenvalue weighted by molar-refractivity contribution is 7.80. The van der Waals surface area contributed by atoms with Crippen LogP contribution in [0.1, 0.15) is 21.6 Å². The zero-order valence-corrected chi connectivity index (χ0v) is 16.9. The average molecular weight is 403 g/mol. The van der Waals surface area contributed by atoms with Gasteiger partial charge in [0, 0.05) is 42.7 Å². The molecule has 2 aromatic carbocycles. The molecule has 6 heteroatoms. The van der Waals surface area contributed by atoms with E-state index >= 15 is 0 Å². The molecule has 1 aliphatic heterocycles. The summed E-state index contributed by atoms with van der Waals surface area (Å²) in [6, 6.07) is 19.3. The highest BCUT2D eigenvalue weighted by atomic mass is 32.1. The molecule has 0 saturated heterocycles. The van der Waals surface area contributed by atoms with E-state index in [-0.39, 0.29) is 5.91 Å². The molecule has 29 heavy (non-hydrogen) atoms. The Morgan fingerprint density at radius 1 is 1.14 bits per heavy atom. The van der Waals surface area contributed by atoms with Crippen LogP contribution in [0.4, 0.5) is 0 Å². The van der Waals surface area contributed by atoms with Gasteiger partial charge in [-0.2, -0.15) is 9.78 Å². The van der Waals surface area contributed by atoms with E-state index < -0.39 is 0 Å². The van der Waals surface area contributed by atoms with Crippen LogP contribution in [0.25, 0.3) is 11.3 Å². The Morgan fingerprint density at radius 3 is 2.52 bits per heavy atom. The van der Waals surface area contributed by atoms with Crippen LogP contribution in [0.2, 0.25) is 0 Å². The summed E-state index contributed by atoms with van der Waals surface area (Å²) in [6.45, 7) is 5.70. The molecule has 3 aromatic rings. The van der Waals surface area contributed by atoms with Gasteiger partial charge in [-0.05, 0) is 24.4 Å². The third-order valence-corrected chi connectivity index (χ3v) is 5.41. The fourth-order valence-corrected chi connectivity index (χ4v) is 3.80. The first kappa shape index (κ1) is 19.1. The summed E-state index contributed by atoms with van der Waals surface area (Å²) in [5.41, 5.74) is 4.47. The lowest BCUT2D eigenvalue weighted by atomic mass is 10.0. The Kier molecular flexibility index (Phi) is 5.53. The predicted octanol–water partition coefficient (Wildman–Crippen LogP) is 3.66. The Morgan fingerprint density at radius 2 is 1.83 bits per heavy atom. The van der Waals surface area contributed by atoms with Crippen molar-refractivity contribution in [3.05, 3.63) is 90.1 Å². The standard InChI is InChI=1S/C23H22N4OS/c1-2-14-24-23(29)26-15-13-20-19(16-26)21(17-9-5-3-6-10-17)25-27(20)22(28)18-11-7-4-8-12-18/h2-12H,1,13-16H2,(H,24,29). The highest BCUT2D eigenvalue weighted by Crippen LogP contribution is 2.30. The van der Waals surface area contributed by atoms with Crippen molar-refractivity contribution < 1.29 is 4.79 Å². The van der Waals surface area contributed by atoms with Crippen molar-refractivity contribution in [2.45, 2.75) is 13.0 Å². The van der Waals surface area contributed by atoms with Gasteiger partial charge in [-0.1, -0.05) is 54.6 Å². The maximum absolute atomic E-state index is 13.2. The number of aromatic nitrogens is 2. The zero-order chi connectivity index (χ0) is 20.2. The van der Waals surface area contributed by atoms with Gasteiger partial charge in [-0.3, -0.25) is 4.79 Å². The molecule has 0 amide bonds. The fraction of sp³-hybridized carbons (Fsp3) is 0.174. The number of hydrogen-bond donors (Lipinski definition) is 1. The smallest absolute Gasteiger partial charge is 0.278 e. The first-order chi connectivity index (χ1) is 14.2. The largest absolute Gasteiger partial charge is 0.359 e. The molecule has 0 unspecified atom stereocenters. The van der Waals surface area contributed by atoms with Gasteiger partial charge in [0.25, 0.3) is 5.91 Å². The molecule has 0 bridgehead atoms. The van der Waals surface area contributed by atoms with Crippen molar-refractivity contribution in [3.8, 4) is 11.3 Å². The molecule has 1 N–H and O–H groups in total. The monoisotopic (exact) mass is 402 g/mol. The van der Waals surface area contributed by atoms with Crippen LogP contribution >= 0.6 is 12.2 Å². The lowest BCUT2D eigenvalue weighted by molar-refractivity contribution is 0.0940. The number of hydrogen-bond acceptors (Lipinski definition) is 3. The summed E-state index contributed by atoms with van der Waals surface area (Å²) < 4.78 is 1.57. The van der Waals surface area contributed by atoms with Crippen molar-refractivity contribution in [2.75, 3.05) is 13.1 Å². The molecule has 4 rings (SSSR count). The van der Waals surface area contributed by atoms with Crippen molar-refractivity contribution >= 4 is 23.2 Å². The summed E-state index contributed by atoms with van der Waals surface area (Å²) in [4.78, 5) is 15.3. The van der Waals surface area contributed by atoms with Crippen LogP contribution < -0.4 is 5.32 Å². The summed E-state index contributed by atoms with van der Waals surface area (Å²) in [5, 5.41) is 8.64. The second kappa shape index (κ2) is 8.41. The maximum atomic E-state index is 13.2. The third kappa shape index (κ3) is 3.84. The second-order valence-corrected chi connectivity index (χ2v) is 7.26. The fourth-order valence-electron chi connectivity index (χ4n) is 3.56.